The summed E-state index contributed by atoms with van der Waals surface area (Å²) < 4.78 is 11.7. The van der Waals surface area contributed by atoms with Crippen LogP contribution in [-0.2, 0) is 4.74 Å². The summed E-state index contributed by atoms with van der Waals surface area (Å²) in [5.41, 5.74) is 0.937. The van der Waals surface area contributed by atoms with Gasteiger partial charge in [-0.15, -0.1) is 0 Å². The maximum atomic E-state index is 5.51. The molecule has 4 nitrogen and oxygen atoms in total. The van der Waals surface area contributed by atoms with E-state index < -0.39 is 0 Å². The van der Waals surface area contributed by atoms with Gasteiger partial charge in [0.1, 0.15) is 6.10 Å². The third-order valence-electron chi connectivity index (χ3n) is 2.73. The molecular formula is C12H11BrN2O2. The lowest BCUT2D eigenvalue weighted by Gasteiger charge is -2.00. The summed E-state index contributed by atoms with van der Waals surface area (Å²) in [7, 11) is 0. The minimum absolute atomic E-state index is 0.0246. The van der Waals surface area contributed by atoms with E-state index in [1.165, 1.54) is 0 Å². The maximum Gasteiger partial charge on any atom is 0.256 e. The summed E-state index contributed by atoms with van der Waals surface area (Å²) in [6, 6.07) is 7.82. The maximum absolute atomic E-state index is 5.51. The van der Waals surface area contributed by atoms with Crippen LogP contribution in [0.3, 0.4) is 0 Å². The predicted octanol–water partition coefficient (Wildman–Crippen LogP) is 3.35. The Morgan fingerprint density at radius 3 is 3.06 bits per heavy atom. The van der Waals surface area contributed by atoms with Crippen molar-refractivity contribution in [1.29, 1.82) is 0 Å². The summed E-state index contributed by atoms with van der Waals surface area (Å²) in [6.45, 7) is 0.777. The van der Waals surface area contributed by atoms with Crippen molar-refractivity contribution in [3.63, 3.8) is 0 Å². The van der Waals surface area contributed by atoms with Crippen molar-refractivity contribution in [3.8, 4) is 11.4 Å². The topological polar surface area (TPSA) is 48.2 Å². The van der Waals surface area contributed by atoms with Crippen molar-refractivity contribution in [2.45, 2.75) is 18.9 Å². The van der Waals surface area contributed by atoms with Crippen molar-refractivity contribution in [1.82, 2.24) is 10.1 Å². The molecule has 5 heteroatoms. The average molecular weight is 295 g/mol. The standard InChI is InChI=1S/C12H11BrN2O2/c13-9-4-1-3-8(7-9)11-14-12(17-15-11)10-5-2-6-16-10/h1,3-4,7,10H,2,5-6H2/t10-/m1/s1. The number of nitrogens with zero attached hydrogens (tertiary/aromatic N) is 2. The second-order valence-electron chi connectivity index (χ2n) is 3.97. The Morgan fingerprint density at radius 1 is 1.35 bits per heavy atom. The summed E-state index contributed by atoms with van der Waals surface area (Å²) in [5, 5.41) is 3.99. The van der Waals surface area contributed by atoms with E-state index in [2.05, 4.69) is 26.1 Å². The molecular weight excluding hydrogens is 284 g/mol. The quantitative estimate of drug-likeness (QED) is 0.852. The van der Waals surface area contributed by atoms with Crippen molar-refractivity contribution < 1.29 is 9.26 Å². The van der Waals surface area contributed by atoms with E-state index in [0.29, 0.717) is 11.7 Å². The van der Waals surface area contributed by atoms with E-state index in [0.717, 1.165) is 29.5 Å². The molecule has 0 saturated carbocycles. The lowest BCUT2D eigenvalue weighted by atomic mass is 10.2. The molecule has 2 aromatic rings. The number of rotatable bonds is 2. The van der Waals surface area contributed by atoms with Crippen molar-refractivity contribution in [2.24, 2.45) is 0 Å². The van der Waals surface area contributed by atoms with E-state index in [-0.39, 0.29) is 6.10 Å². The Morgan fingerprint density at radius 2 is 2.29 bits per heavy atom. The van der Waals surface area contributed by atoms with Crippen LogP contribution in [0.2, 0.25) is 0 Å². The van der Waals surface area contributed by atoms with Crippen LogP contribution in [0.5, 0.6) is 0 Å². The normalized spacial score (nSPS) is 19.7. The molecule has 0 radical (unpaired) electrons. The number of hydrogen-bond acceptors (Lipinski definition) is 4. The second kappa shape index (κ2) is 4.58. The van der Waals surface area contributed by atoms with E-state index in [1.807, 2.05) is 24.3 Å². The van der Waals surface area contributed by atoms with Crippen molar-refractivity contribution >= 4 is 15.9 Å². The summed E-state index contributed by atoms with van der Waals surface area (Å²) in [5.74, 6) is 1.19. The Hall–Kier alpha value is -1.20. The van der Waals surface area contributed by atoms with Gasteiger partial charge in [0.2, 0.25) is 5.82 Å². The molecule has 0 bridgehead atoms. The first-order valence-electron chi connectivity index (χ1n) is 5.54. The van der Waals surface area contributed by atoms with Gasteiger partial charge in [0.05, 0.1) is 0 Å². The highest BCUT2D eigenvalue weighted by Gasteiger charge is 2.24. The Kier molecular flexibility index (Phi) is 2.94. The molecule has 1 atom stereocenters. The van der Waals surface area contributed by atoms with Gasteiger partial charge in [0, 0.05) is 16.6 Å². The molecule has 1 saturated heterocycles. The van der Waals surface area contributed by atoms with Crippen LogP contribution in [-0.4, -0.2) is 16.7 Å². The van der Waals surface area contributed by atoms with Crippen molar-refractivity contribution in [2.75, 3.05) is 6.61 Å². The van der Waals surface area contributed by atoms with Gasteiger partial charge in [-0.3, -0.25) is 0 Å². The first-order valence-corrected chi connectivity index (χ1v) is 6.33. The Labute approximate surface area is 107 Å². The van der Waals surface area contributed by atoms with Gasteiger partial charge >= 0.3 is 0 Å². The molecule has 0 unspecified atom stereocenters. The third-order valence-corrected chi connectivity index (χ3v) is 3.22. The minimum Gasteiger partial charge on any atom is -0.368 e. The number of ether oxygens (including phenoxy) is 1. The highest BCUT2D eigenvalue weighted by molar-refractivity contribution is 9.10. The summed E-state index contributed by atoms with van der Waals surface area (Å²) in [4.78, 5) is 4.38. The molecule has 1 fully saturated rings. The third kappa shape index (κ3) is 2.25. The van der Waals surface area contributed by atoms with Gasteiger partial charge in [-0.05, 0) is 25.0 Å². The van der Waals surface area contributed by atoms with Gasteiger partial charge in [0.15, 0.2) is 0 Å². The molecule has 0 spiro atoms. The molecule has 17 heavy (non-hydrogen) atoms. The zero-order valence-corrected chi connectivity index (χ0v) is 10.7. The van der Waals surface area contributed by atoms with Crippen LogP contribution in [0, 0.1) is 0 Å². The smallest absolute Gasteiger partial charge is 0.256 e. The van der Waals surface area contributed by atoms with E-state index >= 15 is 0 Å². The molecule has 1 aromatic heterocycles. The predicted molar refractivity (Wildman–Crippen MR) is 65.4 cm³/mol. The van der Waals surface area contributed by atoms with Gasteiger partial charge in [-0.1, -0.05) is 33.2 Å². The molecule has 2 heterocycles. The van der Waals surface area contributed by atoms with Crippen LogP contribution in [0.4, 0.5) is 0 Å². The zero-order chi connectivity index (χ0) is 11.7. The van der Waals surface area contributed by atoms with E-state index in [1.54, 1.807) is 0 Å². The highest BCUT2D eigenvalue weighted by atomic mass is 79.9. The van der Waals surface area contributed by atoms with Crippen LogP contribution in [0.25, 0.3) is 11.4 Å². The molecule has 1 aliphatic rings. The molecule has 3 rings (SSSR count). The van der Waals surface area contributed by atoms with Crippen molar-refractivity contribution in [3.05, 3.63) is 34.6 Å². The van der Waals surface area contributed by atoms with Gasteiger partial charge in [-0.25, -0.2) is 0 Å². The second-order valence-corrected chi connectivity index (χ2v) is 4.88. The van der Waals surface area contributed by atoms with E-state index in [4.69, 9.17) is 9.26 Å². The van der Waals surface area contributed by atoms with Crippen LogP contribution < -0.4 is 0 Å². The highest BCUT2D eigenvalue weighted by Crippen LogP contribution is 2.29. The van der Waals surface area contributed by atoms with Crippen LogP contribution in [0.15, 0.2) is 33.3 Å². The zero-order valence-electron chi connectivity index (χ0n) is 9.10. The minimum atomic E-state index is -0.0246. The van der Waals surface area contributed by atoms with Gasteiger partial charge in [0.25, 0.3) is 5.89 Å². The first-order chi connectivity index (χ1) is 8.33. The fourth-order valence-electron chi connectivity index (χ4n) is 1.88. The Balaban J connectivity index is 1.89. The number of hydrogen-bond donors (Lipinski definition) is 0. The molecule has 88 valence electrons. The molecule has 0 aliphatic carbocycles. The molecule has 1 aromatic carbocycles. The van der Waals surface area contributed by atoms with Crippen LogP contribution >= 0.6 is 15.9 Å². The van der Waals surface area contributed by atoms with Gasteiger partial charge < -0.3 is 9.26 Å². The molecule has 0 amide bonds. The largest absolute Gasteiger partial charge is 0.368 e. The SMILES string of the molecule is Brc1cccc(-c2noc([C@H]3CCCO3)n2)c1. The first kappa shape index (κ1) is 10.9. The van der Waals surface area contributed by atoms with Crippen LogP contribution in [0.1, 0.15) is 24.8 Å². The Bertz CT molecular complexity index is 521. The summed E-state index contributed by atoms with van der Waals surface area (Å²) in [6.07, 6.45) is 1.99. The lowest BCUT2D eigenvalue weighted by molar-refractivity contribution is 0.0835. The fraction of sp³-hybridized carbons (Fsp3) is 0.333. The molecule has 0 N–H and O–H groups in total. The average Bonchev–Trinajstić information content (AvgIpc) is 3.00. The molecule has 1 aliphatic heterocycles. The van der Waals surface area contributed by atoms with E-state index in [9.17, 15) is 0 Å². The lowest BCUT2D eigenvalue weighted by Crippen LogP contribution is -1.95. The monoisotopic (exact) mass is 294 g/mol. The number of halogens is 1. The number of benzene rings is 1. The fourth-order valence-corrected chi connectivity index (χ4v) is 2.28. The van der Waals surface area contributed by atoms with Gasteiger partial charge in [-0.2, -0.15) is 4.98 Å². The number of aromatic nitrogens is 2. The summed E-state index contributed by atoms with van der Waals surface area (Å²) >= 11 is 3.42.